The van der Waals surface area contributed by atoms with Crippen molar-refractivity contribution >= 4 is 34.4 Å². The Hall–Kier alpha value is -4.13. The molecule has 2 aliphatic rings. The highest BCUT2D eigenvalue weighted by Gasteiger charge is 2.29. The SMILES string of the molecule is Cc1ccnc(N2CCN(c3ccc(NC(=O)C(=O)c4c(C5CCCCC5)cc5ccccn45)cc3)CC2)c1. The average molecular weight is 522 g/mol. The summed E-state index contributed by atoms with van der Waals surface area (Å²) in [6.45, 7) is 5.68. The number of aryl methyl sites for hydroxylation is 1. The van der Waals surface area contributed by atoms with Crippen LogP contribution in [0.1, 0.15) is 59.6 Å². The molecule has 2 fully saturated rings. The van der Waals surface area contributed by atoms with Gasteiger partial charge in [-0.1, -0.05) is 25.3 Å². The van der Waals surface area contributed by atoms with Gasteiger partial charge in [0.25, 0.3) is 11.7 Å². The first-order valence-electron chi connectivity index (χ1n) is 14.0. The van der Waals surface area contributed by atoms with Gasteiger partial charge in [0.2, 0.25) is 0 Å². The van der Waals surface area contributed by atoms with E-state index in [4.69, 9.17) is 0 Å². The number of nitrogens with zero attached hydrogens (tertiary/aromatic N) is 4. The van der Waals surface area contributed by atoms with Crippen LogP contribution in [0.3, 0.4) is 0 Å². The number of benzene rings is 1. The number of Topliss-reactive ketones (excluding diaryl/α,β-unsaturated/α-hetero) is 1. The zero-order valence-electron chi connectivity index (χ0n) is 22.5. The lowest BCUT2D eigenvalue weighted by Crippen LogP contribution is -2.46. The normalized spacial score (nSPS) is 16.4. The number of fused-ring (bicyclic) bond motifs is 1. The lowest BCUT2D eigenvalue weighted by Gasteiger charge is -2.36. The number of aromatic nitrogens is 2. The Morgan fingerprint density at radius 3 is 2.36 bits per heavy atom. The van der Waals surface area contributed by atoms with Crippen molar-refractivity contribution in [2.24, 2.45) is 0 Å². The van der Waals surface area contributed by atoms with Crippen LogP contribution in [0.5, 0.6) is 0 Å². The molecule has 4 aromatic rings. The van der Waals surface area contributed by atoms with Gasteiger partial charge in [-0.15, -0.1) is 0 Å². The molecular weight excluding hydrogens is 486 g/mol. The second-order valence-electron chi connectivity index (χ2n) is 10.8. The van der Waals surface area contributed by atoms with Gasteiger partial charge in [-0.05, 0) is 91.4 Å². The van der Waals surface area contributed by atoms with Crippen molar-refractivity contribution < 1.29 is 9.59 Å². The minimum Gasteiger partial charge on any atom is -0.368 e. The van der Waals surface area contributed by atoms with Crippen LogP contribution in [0.2, 0.25) is 0 Å². The Morgan fingerprint density at radius 1 is 0.872 bits per heavy atom. The number of carbonyl (C=O) groups excluding carboxylic acids is 2. The molecule has 1 saturated heterocycles. The minimum atomic E-state index is -0.595. The second-order valence-corrected chi connectivity index (χ2v) is 10.8. The molecule has 1 aliphatic heterocycles. The summed E-state index contributed by atoms with van der Waals surface area (Å²) in [5.41, 5.74) is 5.42. The molecule has 1 aliphatic carbocycles. The number of piperazine rings is 1. The number of nitrogens with one attached hydrogen (secondary N) is 1. The summed E-state index contributed by atoms with van der Waals surface area (Å²) in [5, 5.41) is 2.85. The number of pyridine rings is 2. The molecule has 0 radical (unpaired) electrons. The van der Waals surface area contributed by atoms with Crippen LogP contribution >= 0.6 is 0 Å². The van der Waals surface area contributed by atoms with Gasteiger partial charge >= 0.3 is 0 Å². The molecule has 6 rings (SSSR count). The van der Waals surface area contributed by atoms with Crippen LogP contribution in [0, 0.1) is 6.92 Å². The number of hydrogen-bond acceptors (Lipinski definition) is 5. The number of anilines is 3. The summed E-state index contributed by atoms with van der Waals surface area (Å²) in [6, 6.07) is 19.9. The molecule has 0 spiro atoms. The van der Waals surface area contributed by atoms with Crippen LogP contribution in [-0.4, -0.2) is 47.3 Å². The topological polar surface area (TPSA) is 70.0 Å². The van der Waals surface area contributed by atoms with Crippen molar-refractivity contribution in [2.75, 3.05) is 41.3 Å². The predicted octanol–water partition coefficient (Wildman–Crippen LogP) is 5.84. The second kappa shape index (κ2) is 10.9. The van der Waals surface area contributed by atoms with Gasteiger partial charge in [-0.3, -0.25) is 9.59 Å². The van der Waals surface area contributed by atoms with Gasteiger partial charge in [0.05, 0.1) is 0 Å². The van der Waals surface area contributed by atoms with E-state index in [1.165, 1.54) is 24.8 Å². The summed E-state index contributed by atoms with van der Waals surface area (Å²) in [4.78, 5) is 35.9. The predicted molar refractivity (Wildman–Crippen MR) is 156 cm³/mol. The summed E-state index contributed by atoms with van der Waals surface area (Å²) in [5.74, 6) is 0.279. The van der Waals surface area contributed by atoms with Gasteiger partial charge in [-0.2, -0.15) is 0 Å². The van der Waals surface area contributed by atoms with Crippen molar-refractivity contribution in [3.05, 3.63) is 89.9 Å². The molecule has 7 nitrogen and oxygen atoms in total. The van der Waals surface area contributed by atoms with Crippen LogP contribution in [0.4, 0.5) is 17.2 Å². The Balaban J connectivity index is 1.13. The molecule has 0 atom stereocenters. The monoisotopic (exact) mass is 521 g/mol. The number of amides is 1. The molecule has 200 valence electrons. The van der Waals surface area contributed by atoms with Crippen molar-refractivity contribution in [3.63, 3.8) is 0 Å². The first-order valence-corrected chi connectivity index (χ1v) is 14.0. The third-order valence-electron chi connectivity index (χ3n) is 8.17. The van der Waals surface area contributed by atoms with E-state index in [2.05, 4.69) is 39.2 Å². The fraction of sp³-hybridized carbons (Fsp3) is 0.344. The van der Waals surface area contributed by atoms with Gasteiger partial charge in [0, 0.05) is 55.5 Å². The highest BCUT2D eigenvalue weighted by molar-refractivity contribution is 6.46. The Labute approximate surface area is 229 Å². The molecule has 39 heavy (non-hydrogen) atoms. The van der Waals surface area contributed by atoms with E-state index in [9.17, 15) is 9.59 Å². The highest BCUT2D eigenvalue weighted by Crippen LogP contribution is 2.36. The number of hydrogen-bond donors (Lipinski definition) is 1. The lowest BCUT2D eigenvalue weighted by molar-refractivity contribution is -0.112. The van der Waals surface area contributed by atoms with E-state index < -0.39 is 11.7 Å². The molecule has 3 aromatic heterocycles. The van der Waals surface area contributed by atoms with E-state index >= 15 is 0 Å². The first kappa shape index (κ1) is 25.2. The van der Waals surface area contributed by atoms with Gasteiger partial charge in [0.15, 0.2) is 0 Å². The molecule has 0 unspecified atom stereocenters. The van der Waals surface area contributed by atoms with E-state index in [-0.39, 0.29) is 0 Å². The van der Waals surface area contributed by atoms with Crippen molar-refractivity contribution in [3.8, 4) is 0 Å². The average Bonchev–Trinajstić information content (AvgIpc) is 3.37. The van der Waals surface area contributed by atoms with Crippen LogP contribution in [0.15, 0.2) is 73.1 Å². The largest absolute Gasteiger partial charge is 0.368 e. The van der Waals surface area contributed by atoms with Crippen LogP contribution < -0.4 is 15.1 Å². The Morgan fingerprint density at radius 2 is 1.62 bits per heavy atom. The van der Waals surface area contributed by atoms with Crippen LogP contribution in [0.25, 0.3) is 5.52 Å². The van der Waals surface area contributed by atoms with Crippen molar-refractivity contribution in [1.82, 2.24) is 9.38 Å². The standard InChI is InChI=1S/C32H35N5O2/c1-23-14-15-33-29(21-23)36-19-17-35(18-20-36)26-12-10-25(11-13-26)34-32(39)31(38)30-28(24-7-3-2-4-8-24)22-27-9-5-6-16-37(27)30/h5-6,9-16,21-22,24H,2-4,7-8,17-20H2,1H3,(H,34,39). The van der Waals surface area contributed by atoms with E-state index in [1.54, 1.807) is 0 Å². The van der Waals surface area contributed by atoms with E-state index in [1.807, 2.05) is 65.3 Å². The van der Waals surface area contributed by atoms with Gasteiger partial charge < -0.3 is 19.5 Å². The zero-order valence-corrected chi connectivity index (χ0v) is 22.5. The number of carbonyl (C=O) groups is 2. The smallest absolute Gasteiger partial charge is 0.298 e. The summed E-state index contributed by atoms with van der Waals surface area (Å²) in [6.07, 6.45) is 9.45. The molecule has 1 N–H and O–H groups in total. The third kappa shape index (κ3) is 5.26. The Bertz CT molecular complexity index is 1480. The number of rotatable bonds is 6. The van der Waals surface area contributed by atoms with E-state index in [0.29, 0.717) is 17.3 Å². The van der Waals surface area contributed by atoms with Gasteiger partial charge in [0.1, 0.15) is 11.5 Å². The summed E-state index contributed by atoms with van der Waals surface area (Å²) < 4.78 is 1.88. The van der Waals surface area contributed by atoms with Crippen LogP contribution in [-0.2, 0) is 4.79 Å². The zero-order chi connectivity index (χ0) is 26.8. The maximum absolute atomic E-state index is 13.5. The molecule has 7 heteroatoms. The quantitative estimate of drug-likeness (QED) is 0.255. The number of ketones is 1. The van der Waals surface area contributed by atoms with Gasteiger partial charge in [-0.25, -0.2) is 4.98 Å². The van der Waals surface area contributed by atoms with Crippen molar-refractivity contribution in [1.29, 1.82) is 0 Å². The van der Waals surface area contributed by atoms with Crippen molar-refractivity contribution in [2.45, 2.75) is 44.9 Å². The molecule has 1 saturated carbocycles. The Kier molecular flexibility index (Phi) is 7.05. The molecule has 1 amide bonds. The maximum atomic E-state index is 13.5. The molecular formula is C32H35N5O2. The first-order chi connectivity index (χ1) is 19.1. The summed E-state index contributed by atoms with van der Waals surface area (Å²) in [7, 11) is 0. The third-order valence-corrected chi connectivity index (χ3v) is 8.17. The molecule has 0 bridgehead atoms. The fourth-order valence-electron chi connectivity index (χ4n) is 6.05. The molecule has 4 heterocycles. The lowest BCUT2D eigenvalue weighted by atomic mass is 9.83. The highest BCUT2D eigenvalue weighted by atomic mass is 16.2. The molecule has 1 aromatic carbocycles. The summed E-state index contributed by atoms with van der Waals surface area (Å²) >= 11 is 0. The minimum absolute atomic E-state index is 0.326. The fourth-order valence-corrected chi connectivity index (χ4v) is 6.05. The van der Waals surface area contributed by atoms with E-state index in [0.717, 1.165) is 61.6 Å². The maximum Gasteiger partial charge on any atom is 0.298 e.